The molecule has 20 heavy (non-hydrogen) atoms. The number of aromatic nitrogens is 4. The fourth-order valence-electron chi connectivity index (χ4n) is 1.84. The molecule has 0 aliphatic rings. The van der Waals surface area contributed by atoms with Crippen LogP contribution in [0.4, 0.5) is 0 Å². The molecule has 106 valence electrons. The number of benzene rings is 1. The smallest absolute Gasteiger partial charge is 0.305 e. The Labute approximate surface area is 125 Å². The first-order valence-corrected chi connectivity index (χ1v) is 6.65. The van der Waals surface area contributed by atoms with Crippen LogP contribution < -0.4 is 0 Å². The summed E-state index contributed by atoms with van der Waals surface area (Å²) in [5.41, 5.74) is 0.901. The average molecular weight is 315 g/mol. The van der Waals surface area contributed by atoms with E-state index in [-0.39, 0.29) is 12.5 Å². The number of hydrogen-bond donors (Lipinski definition) is 1. The van der Waals surface area contributed by atoms with Gasteiger partial charge in [-0.15, -0.1) is 5.10 Å². The number of halogens is 2. The Kier molecular flexibility index (Phi) is 4.57. The van der Waals surface area contributed by atoms with E-state index in [1.807, 2.05) is 6.07 Å². The lowest BCUT2D eigenvalue weighted by Crippen LogP contribution is -2.15. The van der Waals surface area contributed by atoms with Crippen LogP contribution in [0, 0.1) is 0 Å². The first-order chi connectivity index (χ1) is 9.47. The number of hydrogen-bond acceptors (Lipinski definition) is 4. The molecule has 0 bridgehead atoms. The minimum Gasteiger partial charge on any atom is -0.481 e. The van der Waals surface area contributed by atoms with Crippen LogP contribution in [0.15, 0.2) is 18.2 Å². The monoisotopic (exact) mass is 314 g/mol. The zero-order valence-electron chi connectivity index (χ0n) is 10.6. The van der Waals surface area contributed by atoms with Crippen LogP contribution in [0.3, 0.4) is 0 Å². The highest BCUT2D eigenvalue weighted by molar-refractivity contribution is 6.42. The molecule has 0 radical (unpaired) electrons. The zero-order chi connectivity index (χ0) is 14.7. The minimum atomic E-state index is -0.895. The fourth-order valence-corrected chi connectivity index (χ4v) is 2.16. The van der Waals surface area contributed by atoms with Gasteiger partial charge >= 0.3 is 5.97 Å². The Hall–Kier alpha value is -1.66. The van der Waals surface area contributed by atoms with Gasteiger partial charge in [-0.1, -0.05) is 29.3 Å². The van der Waals surface area contributed by atoms with Crippen molar-refractivity contribution in [2.24, 2.45) is 0 Å². The largest absolute Gasteiger partial charge is 0.481 e. The van der Waals surface area contributed by atoms with Crippen molar-refractivity contribution in [2.45, 2.75) is 25.8 Å². The Balaban J connectivity index is 2.19. The average Bonchev–Trinajstić information content (AvgIpc) is 2.81. The van der Waals surface area contributed by atoms with Gasteiger partial charge in [0.1, 0.15) is 0 Å². The number of carboxylic acid groups (broad SMARTS) is 1. The number of nitrogens with zero attached hydrogens (tertiary/aromatic N) is 4. The highest BCUT2D eigenvalue weighted by Gasteiger charge is 2.16. The van der Waals surface area contributed by atoms with Gasteiger partial charge in [-0.2, -0.15) is 0 Å². The molecular formula is C12H12Cl2N4O2. The van der Waals surface area contributed by atoms with Gasteiger partial charge in [0, 0.05) is 6.42 Å². The lowest BCUT2D eigenvalue weighted by Gasteiger charge is -2.11. The third-order valence-electron chi connectivity index (χ3n) is 2.79. The molecule has 0 spiro atoms. The molecule has 8 heteroatoms. The normalized spacial score (nSPS) is 12.3. The van der Waals surface area contributed by atoms with E-state index in [1.54, 1.807) is 19.1 Å². The molecule has 6 nitrogen and oxygen atoms in total. The molecule has 1 heterocycles. The molecule has 2 aromatic rings. The predicted octanol–water partition coefficient (Wildman–Crippen LogP) is 2.61. The van der Waals surface area contributed by atoms with Crippen LogP contribution in [0.1, 0.15) is 30.8 Å². The molecule has 0 aliphatic carbocycles. The van der Waals surface area contributed by atoms with Crippen molar-refractivity contribution >= 4 is 29.2 Å². The number of rotatable bonds is 5. The van der Waals surface area contributed by atoms with Gasteiger partial charge in [0.05, 0.1) is 22.5 Å². The van der Waals surface area contributed by atoms with Crippen molar-refractivity contribution in [3.63, 3.8) is 0 Å². The lowest BCUT2D eigenvalue weighted by atomic mass is 10.1. The van der Waals surface area contributed by atoms with Crippen LogP contribution in [-0.2, 0) is 11.2 Å². The van der Waals surface area contributed by atoms with E-state index in [1.165, 1.54) is 4.68 Å². The van der Waals surface area contributed by atoms with Gasteiger partial charge in [0.15, 0.2) is 5.82 Å². The summed E-state index contributed by atoms with van der Waals surface area (Å²) in [6, 6.07) is 4.95. The van der Waals surface area contributed by atoms with E-state index >= 15 is 0 Å². The third-order valence-corrected chi connectivity index (χ3v) is 3.53. The maximum absolute atomic E-state index is 10.7. The summed E-state index contributed by atoms with van der Waals surface area (Å²) in [7, 11) is 0. The van der Waals surface area contributed by atoms with E-state index in [0.29, 0.717) is 22.3 Å². The van der Waals surface area contributed by atoms with Crippen LogP contribution in [0.5, 0.6) is 0 Å². The number of aliphatic carboxylic acids is 1. The Morgan fingerprint density at radius 2 is 2.15 bits per heavy atom. The van der Waals surface area contributed by atoms with Crippen LogP contribution in [0.25, 0.3) is 0 Å². The molecule has 0 aliphatic heterocycles. The predicted molar refractivity (Wildman–Crippen MR) is 74.0 cm³/mol. The summed E-state index contributed by atoms with van der Waals surface area (Å²) in [6.45, 7) is 1.75. The van der Waals surface area contributed by atoms with Crippen LogP contribution in [-0.4, -0.2) is 31.3 Å². The Bertz CT molecular complexity index is 630. The molecule has 1 N–H and O–H groups in total. The molecule has 0 saturated heterocycles. The van der Waals surface area contributed by atoms with E-state index in [2.05, 4.69) is 15.5 Å². The van der Waals surface area contributed by atoms with Crippen LogP contribution >= 0.6 is 23.2 Å². The number of tetrazole rings is 1. The van der Waals surface area contributed by atoms with Crippen LogP contribution in [0.2, 0.25) is 10.0 Å². The molecule has 0 amide bonds. The van der Waals surface area contributed by atoms with Crippen molar-refractivity contribution in [3.8, 4) is 0 Å². The SMILES string of the molecule is CC(CC(=O)O)n1nnnc1Cc1ccc(Cl)c(Cl)c1. The van der Waals surface area contributed by atoms with Crippen molar-refractivity contribution in [2.75, 3.05) is 0 Å². The Morgan fingerprint density at radius 1 is 1.40 bits per heavy atom. The van der Waals surface area contributed by atoms with Gasteiger partial charge < -0.3 is 5.11 Å². The number of carbonyl (C=O) groups is 1. The third kappa shape index (κ3) is 3.46. The van der Waals surface area contributed by atoms with Crippen molar-refractivity contribution in [1.29, 1.82) is 0 Å². The summed E-state index contributed by atoms with van der Waals surface area (Å²) in [6.07, 6.45) is 0.410. The summed E-state index contributed by atoms with van der Waals surface area (Å²) < 4.78 is 1.51. The topological polar surface area (TPSA) is 80.9 Å². The first-order valence-electron chi connectivity index (χ1n) is 5.90. The second-order valence-electron chi connectivity index (χ2n) is 4.41. The molecule has 1 atom stereocenters. The van der Waals surface area contributed by atoms with Gasteiger partial charge in [-0.25, -0.2) is 4.68 Å². The molecular weight excluding hydrogens is 303 g/mol. The van der Waals surface area contributed by atoms with Gasteiger partial charge in [-0.05, 0) is 35.0 Å². The maximum atomic E-state index is 10.7. The van der Waals surface area contributed by atoms with E-state index < -0.39 is 5.97 Å². The van der Waals surface area contributed by atoms with Gasteiger partial charge in [0.25, 0.3) is 0 Å². The summed E-state index contributed by atoms with van der Waals surface area (Å²) in [4.78, 5) is 10.7. The molecule has 0 saturated carbocycles. The minimum absolute atomic E-state index is 0.0422. The number of carboxylic acids is 1. The van der Waals surface area contributed by atoms with Crippen molar-refractivity contribution < 1.29 is 9.90 Å². The quantitative estimate of drug-likeness (QED) is 0.917. The maximum Gasteiger partial charge on any atom is 0.305 e. The van der Waals surface area contributed by atoms with E-state index in [4.69, 9.17) is 28.3 Å². The summed E-state index contributed by atoms with van der Waals surface area (Å²) >= 11 is 11.8. The molecule has 0 fully saturated rings. The van der Waals surface area contributed by atoms with Crippen molar-refractivity contribution in [1.82, 2.24) is 20.2 Å². The summed E-state index contributed by atoms with van der Waals surface area (Å²) in [5, 5.41) is 21.1. The standard InChI is InChI=1S/C12H12Cl2N4O2/c1-7(4-12(19)20)18-11(15-16-17-18)6-8-2-3-9(13)10(14)5-8/h2-3,5,7H,4,6H2,1H3,(H,19,20). The lowest BCUT2D eigenvalue weighted by molar-refractivity contribution is -0.137. The molecule has 1 aromatic carbocycles. The van der Waals surface area contributed by atoms with E-state index in [9.17, 15) is 4.79 Å². The summed E-state index contributed by atoms with van der Waals surface area (Å²) in [5.74, 6) is -0.314. The molecule has 1 unspecified atom stereocenters. The van der Waals surface area contributed by atoms with Gasteiger partial charge in [0.2, 0.25) is 0 Å². The first kappa shape index (κ1) is 14.7. The highest BCUT2D eigenvalue weighted by Crippen LogP contribution is 2.24. The van der Waals surface area contributed by atoms with E-state index in [0.717, 1.165) is 5.56 Å². The highest BCUT2D eigenvalue weighted by atomic mass is 35.5. The van der Waals surface area contributed by atoms with Crippen molar-refractivity contribution in [3.05, 3.63) is 39.6 Å². The van der Waals surface area contributed by atoms with Gasteiger partial charge in [-0.3, -0.25) is 4.79 Å². The second-order valence-corrected chi connectivity index (χ2v) is 5.23. The second kappa shape index (κ2) is 6.19. The zero-order valence-corrected chi connectivity index (χ0v) is 12.1. The fraction of sp³-hybridized carbons (Fsp3) is 0.333. The molecule has 1 aromatic heterocycles. The Morgan fingerprint density at radius 3 is 2.80 bits per heavy atom. The molecule has 2 rings (SSSR count).